The molecule has 0 amide bonds. The molecule has 3 heteroatoms. The molecular formula is C8H7NO2. The summed E-state index contributed by atoms with van der Waals surface area (Å²) in [5, 5.41) is 0. The molecule has 1 rings (SSSR count). The average Bonchev–Trinajstić information content (AvgIpc) is 2.04. The highest BCUT2D eigenvalue weighted by molar-refractivity contribution is 5.88. The average molecular weight is 149 g/mol. The molecule has 0 N–H and O–H groups in total. The van der Waals surface area contributed by atoms with Crippen molar-refractivity contribution < 1.29 is 9.59 Å². The zero-order valence-electron chi connectivity index (χ0n) is 6.07. The molecule has 0 radical (unpaired) electrons. The second-order valence-corrected chi connectivity index (χ2v) is 2.22. The minimum atomic E-state index is 0.200. The van der Waals surface area contributed by atoms with Crippen molar-refractivity contribution in [2.24, 2.45) is 0 Å². The summed E-state index contributed by atoms with van der Waals surface area (Å²) < 4.78 is 0. The lowest BCUT2D eigenvalue weighted by Gasteiger charge is -1.95. The van der Waals surface area contributed by atoms with Crippen molar-refractivity contribution in [3.05, 3.63) is 29.1 Å². The van der Waals surface area contributed by atoms with Crippen LogP contribution < -0.4 is 0 Å². The molecular weight excluding hydrogens is 142 g/mol. The first kappa shape index (κ1) is 7.60. The van der Waals surface area contributed by atoms with Gasteiger partial charge in [0.1, 0.15) is 5.69 Å². The molecule has 0 atom stereocenters. The van der Waals surface area contributed by atoms with Crippen molar-refractivity contribution in [2.75, 3.05) is 0 Å². The quantitative estimate of drug-likeness (QED) is 0.589. The first-order valence-corrected chi connectivity index (χ1v) is 3.15. The number of aldehydes is 2. The van der Waals surface area contributed by atoms with Crippen LogP contribution >= 0.6 is 0 Å². The molecule has 1 aromatic rings. The van der Waals surface area contributed by atoms with E-state index in [1.165, 1.54) is 0 Å². The highest BCUT2D eigenvalue weighted by Crippen LogP contribution is 2.02. The van der Waals surface area contributed by atoms with Gasteiger partial charge >= 0.3 is 0 Å². The van der Waals surface area contributed by atoms with E-state index in [4.69, 9.17) is 0 Å². The zero-order valence-corrected chi connectivity index (χ0v) is 6.07. The number of aryl methyl sites for hydroxylation is 1. The molecule has 11 heavy (non-hydrogen) atoms. The molecule has 56 valence electrons. The molecule has 1 heterocycles. The zero-order chi connectivity index (χ0) is 8.27. The molecule has 0 saturated carbocycles. The third-order valence-electron chi connectivity index (χ3n) is 1.32. The summed E-state index contributed by atoms with van der Waals surface area (Å²) in [6.07, 6.45) is 2.75. The summed E-state index contributed by atoms with van der Waals surface area (Å²) in [5.74, 6) is 0. The van der Waals surface area contributed by atoms with Crippen molar-refractivity contribution in [1.29, 1.82) is 0 Å². The van der Waals surface area contributed by atoms with E-state index in [-0.39, 0.29) is 5.69 Å². The second-order valence-electron chi connectivity index (χ2n) is 2.22. The Balaban J connectivity index is 3.26. The molecule has 1 aromatic heterocycles. The Labute approximate surface area is 64.1 Å². The standard InChI is InChI=1S/C8H7NO2/c1-6-2-7(4-10)8(5-11)9-3-6/h2-5H,1H3. The Hall–Kier alpha value is -1.51. The molecule has 0 aliphatic rings. The van der Waals surface area contributed by atoms with E-state index >= 15 is 0 Å². The maximum atomic E-state index is 10.3. The third kappa shape index (κ3) is 1.49. The van der Waals surface area contributed by atoms with E-state index in [0.29, 0.717) is 18.1 Å². The summed E-state index contributed by atoms with van der Waals surface area (Å²) in [6, 6.07) is 1.63. The van der Waals surface area contributed by atoms with E-state index in [9.17, 15) is 9.59 Å². The predicted octanol–water partition coefficient (Wildman–Crippen LogP) is 1.02. The lowest BCUT2D eigenvalue weighted by molar-refractivity contribution is 0.109. The highest BCUT2D eigenvalue weighted by Gasteiger charge is 2.00. The lowest BCUT2D eigenvalue weighted by Crippen LogP contribution is -1.95. The fourth-order valence-corrected chi connectivity index (χ4v) is 0.795. The monoisotopic (exact) mass is 149 g/mol. The van der Waals surface area contributed by atoms with E-state index in [0.717, 1.165) is 5.56 Å². The largest absolute Gasteiger partial charge is 0.298 e. The number of carbonyl (C=O) groups excluding carboxylic acids is 2. The molecule has 0 saturated heterocycles. The van der Waals surface area contributed by atoms with Crippen molar-refractivity contribution in [3.8, 4) is 0 Å². The first-order valence-electron chi connectivity index (χ1n) is 3.15. The molecule has 0 fully saturated rings. The smallest absolute Gasteiger partial charge is 0.169 e. The topological polar surface area (TPSA) is 47.0 Å². The van der Waals surface area contributed by atoms with Crippen molar-refractivity contribution >= 4 is 12.6 Å². The molecule has 0 aromatic carbocycles. The van der Waals surface area contributed by atoms with Crippen LogP contribution in [0.3, 0.4) is 0 Å². The SMILES string of the molecule is Cc1cnc(C=O)c(C=O)c1. The van der Waals surface area contributed by atoms with Crippen LogP contribution in [0.4, 0.5) is 0 Å². The van der Waals surface area contributed by atoms with Crippen LogP contribution in [-0.4, -0.2) is 17.6 Å². The van der Waals surface area contributed by atoms with Crippen LogP contribution in [0, 0.1) is 6.92 Å². The molecule has 0 aliphatic heterocycles. The molecule has 3 nitrogen and oxygen atoms in total. The molecule has 0 unspecified atom stereocenters. The molecule has 0 aliphatic carbocycles. The van der Waals surface area contributed by atoms with E-state index in [1.807, 2.05) is 6.92 Å². The van der Waals surface area contributed by atoms with Gasteiger partial charge in [0.25, 0.3) is 0 Å². The van der Waals surface area contributed by atoms with Crippen LogP contribution in [-0.2, 0) is 0 Å². The van der Waals surface area contributed by atoms with Gasteiger partial charge in [-0.05, 0) is 18.6 Å². The molecule has 0 spiro atoms. The number of hydrogen-bond donors (Lipinski definition) is 0. The summed E-state index contributed by atoms with van der Waals surface area (Å²) in [4.78, 5) is 24.4. The van der Waals surface area contributed by atoms with Gasteiger partial charge in [0.2, 0.25) is 0 Å². The van der Waals surface area contributed by atoms with Gasteiger partial charge < -0.3 is 0 Å². The summed E-state index contributed by atoms with van der Waals surface area (Å²) in [5.41, 5.74) is 1.42. The van der Waals surface area contributed by atoms with Gasteiger partial charge in [-0.3, -0.25) is 14.6 Å². The van der Waals surface area contributed by atoms with E-state index in [1.54, 1.807) is 12.3 Å². The number of aromatic nitrogens is 1. The van der Waals surface area contributed by atoms with Crippen molar-refractivity contribution in [1.82, 2.24) is 4.98 Å². The van der Waals surface area contributed by atoms with E-state index < -0.39 is 0 Å². The number of pyridine rings is 1. The Morgan fingerprint density at radius 3 is 2.64 bits per heavy atom. The third-order valence-corrected chi connectivity index (χ3v) is 1.32. The number of carbonyl (C=O) groups is 2. The fraction of sp³-hybridized carbons (Fsp3) is 0.125. The van der Waals surface area contributed by atoms with Gasteiger partial charge in [0.05, 0.1) is 0 Å². The molecule has 0 bridgehead atoms. The van der Waals surface area contributed by atoms with Gasteiger partial charge in [-0.2, -0.15) is 0 Å². The Kier molecular flexibility index (Phi) is 2.11. The Morgan fingerprint density at radius 2 is 2.09 bits per heavy atom. The highest BCUT2D eigenvalue weighted by atomic mass is 16.1. The summed E-state index contributed by atoms with van der Waals surface area (Å²) in [6.45, 7) is 1.81. The fourth-order valence-electron chi connectivity index (χ4n) is 0.795. The Morgan fingerprint density at radius 1 is 1.36 bits per heavy atom. The van der Waals surface area contributed by atoms with Gasteiger partial charge in [-0.15, -0.1) is 0 Å². The van der Waals surface area contributed by atoms with Gasteiger partial charge in [0, 0.05) is 11.8 Å². The van der Waals surface area contributed by atoms with Crippen LogP contribution in [0.2, 0.25) is 0 Å². The van der Waals surface area contributed by atoms with Crippen molar-refractivity contribution in [2.45, 2.75) is 6.92 Å². The van der Waals surface area contributed by atoms with Gasteiger partial charge in [-0.1, -0.05) is 0 Å². The Bertz CT molecular complexity index is 294. The maximum Gasteiger partial charge on any atom is 0.169 e. The summed E-state index contributed by atoms with van der Waals surface area (Å²) in [7, 11) is 0. The van der Waals surface area contributed by atoms with Crippen LogP contribution in [0.15, 0.2) is 12.3 Å². The summed E-state index contributed by atoms with van der Waals surface area (Å²) >= 11 is 0. The van der Waals surface area contributed by atoms with Crippen LogP contribution in [0.25, 0.3) is 0 Å². The minimum absolute atomic E-state index is 0.200. The number of nitrogens with zero attached hydrogens (tertiary/aromatic N) is 1. The van der Waals surface area contributed by atoms with Gasteiger partial charge in [-0.25, -0.2) is 0 Å². The lowest BCUT2D eigenvalue weighted by atomic mass is 10.2. The van der Waals surface area contributed by atoms with E-state index in [2.05, 4.69) is 4.98 Å². The van der Waals surface area contributed by atoms with Crippen LogP contribution in [0.5, 0.6) is 0 Å². The normalized spacial score (nSPS) is 9.18. The number of rotatable bonds is 2. The van der Waals surface area contributed by atoms with Crippen molar-refractivity contribution in [3.63, 3.8) is 0 Å². The number of hydrogen-bond acceptors (Lipinski definition) is 3. The van der Waals surface area contributed by atoms with Gasteiger partial charge in [0.15, 0.2) is 12.6 Å². The maximum absolute atomic E-state index is 10.3. The van der Waals surface area contributed by atoms with Crippen LogP contribution in [0.1, 0.15) is 26.4 Å². The second kappa shape index (κ2) is 3.05. The predicted molar refractivity (Wildman–Crippen MR) is 39.7 cm³/mol. The minimum Gasteiger partial charge on any atom is -0.298 e. The first-order chi connectivity index (χ1) is 5.27.